The van der Waals surface area contributed by atoms with E-state index in [4.69, 9.17) is 0 Å². The summed E-state index contributed by atoms with van der Waals surface area (Å²) in [5, 5.41) is 5.93. The summed E-state index contributed by atoms with van der Waals surface area (Å²) in [6.45, 7) is 9.40. The van der Waals surface area contributed by atoms with Gasteiger partial charge in [0.1, 0.15) is 0 Å². The first-order valence-corrected chi connectivity index (χ1v) is 8.20. The summed E-state index contributed by atoms with van der Waals surface area (Å²) in [6, 6.07) is 5.17. The number of hydrogen-bond acceptors (Lipinski definition) is 3. The maximum atomic E-state index is 3.71. The number of nitrogens with one attached hydrogen (secondary N) is 1. The van der Waals surface area contributed by atoms with Crippen LogP contribution in [0.25, 0.3) is 0 Å². The number of hydrogen-bond donors (Lipinski definition) is 1. The molecule has 1 saturated heterocycles. The smallest absolute Gasteiger partial charge is 0.0201 e. The molecule has 1 aliphatic rings. The average Bonchev–Trinajstić information content (AvgIpc) is 2.90. The van der Waals surface area contributed by atoms with Crippen molar-refractivity contribution >= 4 is 11.3 Å². The lowest BCUT2D eigenvalue weighted by Crippen LogP contribution is -2.48. The maximum absolute atomic E-state index is 3.71. The van der Waals surface area contributed by atoms with Crippen molar-refractivity contribution in [2.75, 3.05) is 26.2 Å². The average molecular weight is 266 g/mol. The molecule has 0 saturated carbocycles. The molecule has 1 aromatic heterocycles. The number of nitrogens with zero attached hydrogens (tertiary/aromatic N) is 1. The van der Waals surface area contributed by atoms with E-state index in [9.17, 15) is 0 Å². The Morgan fingerprint density at radius 3 is 2.89 bits per heavy atom. The highest BCUT2D eigenvalue weighted by atomic mass is 32.1. The highest BCUT2D eigenvalue weighted by molar-refractivity contribution is 7.10. The molecule has 2 rings (SSSR count). The Kier molecular flexibility index (Phi) is 5.67. The molecule has 18 heavy (non-hydrogen) atoms. The molecule has 0 radical (unpaired) electrons. The third kappa shape index (κ3) is 3.81. The highest BCUT2D eigenvalue weighted by Gasteiger charge is 2.27. The lowest BCUT2D eigenvalue weighted by atomic mass is 9.92. The summed E-state index contributed by atoms with van der Waals surface area (Å²) < 4.78 is 0. The van der Waals surface area contributed by atoms with Gasteiger partial charge in [0, 0.05) is 29.9 Å². The third-order valence-corrected chi connectivity index (χ3v) is 4.73. The minimum absolute atomic E-state index is 0.678. The molecule has 1 fully saturated rings. The van der Waals surface area contributed by atoms with E-state index in [-0.39, 0.29) is 0 Å². The number of rotatable bonds is 6. The van der Waals surface area contributed by atoms with Gasteiger partial charge in [-0.3, -0.25) is 0 Å². The molecule has 2 atom stereocenters. The lowest BCUT2D eigenvalue weighted by molar-refractivity contribution is 0.173. The Morgan fingerprint density at radius 2 is 2.22 bits per heavy atom. The first-order chi connectivity index (χ1) is 8.83. The van der Waals surface area contributed by atoms with Crippen molar-refractivity contribution in [1.29, 1.82) is 0 Å². The second-order valence-electron chi connectivity index (χ2n) is 5.36. The molecule has 0 amide bonds. The fraction of sp³-hybridized carbons (Fsp3) is 0.733. The Hall–Kier alpha value is -0.380. The summed E-state index contributed by atoms with van der Waals surface area (Å²) in [6.07, 6.45) is 3.80. The van der Waals surface area contributed by atoms with Crippen molar-refractivity contribution in [3.63, 3.8) is 0 Å². The zero-order valence-electron chi connectivity index (χ0n) is 11.7. The maximum Gasteiger partial charge on any atom is 0.0201 e. The van der Waals surface area contributed by atoms with Gasteiger partial charge in [-0.2, -0.15) is 0 Å². The van der Waals surface area contributed by atoms with Crippen LogP contribution in [0.2, 0.25) is 0 Å². The molecular formula is C15H26N2S. The van der Waals surface area contributed by atoms with Gasteiger partial charge in [-0.05, 0) is 43.8 Å². The van der Waals surface area contributed by atoms with E-state index in [1.54, 1.807) is 4.88 Å². The molecule has 2 unspecified atom stereocenters. The molecular weight excluding hydrogens is 240 g/mol. The zero-order chi connectivity index (χ0) is 12.8. The van der Waals surface area contributed by atoms with Gasteiger partial charge in [-0.25, -0.2) is 0 Å². The highest BCUT2D eigenvalue weighted by Crippen LogP contribution is 2.30. The van der Waals surface area contributed by atoms with Crippen LogP contribution in [-0.4, -0.2) is 37.1 Å². The van der Waals surface area contributed by atoms with Gasteiger partial charge < -0.3 is 10.2 Å². The monoisotopic (exact) mass is 266 g/mol. The van der Waals surface area contributed by atoms with Crippen LogP contribution in [0.15, 0.2) is 17.5 Å². The molecule has 0 aliphatic carbocycles. The number of likely N-dealkylation sites (tertiary alicyclic amines) is 1. The van der Waals surface area contributed by atoms with Crippen molar-refractivity contribution in [2.45, 2.75) is 45.1 Å². The first-order valence-electron chi connectivity index (χ1n) is 7.32. The van der Waals surface area contributed by atoms with E-state index in [0.29, 0.717) is 6.04 Å². The SMILES string of the molecule is CCCNC1CC(c2cccs2)CN(CCC)C1. The molecule has 3 heteroatoms. The molecule has 2 heterocycles. The summed E-state index contributed by atoms with van der Waals surface area (Å²) in [4.78, 5) is 4.21. The minimum atomic E-state index is 0.678. The van der Waals surface area contributed by atoms with Gasteiger partial charge in [0.15, 0.2) is 0 Å². The van der Waals surface area contributed by atoms with Crippen LogP contribution in [0.5, 0.6) is 0 Å². The minimum Gasteiger partial charge on any atom is -0.313 e. The Bertz CT molecular complexity index is 323. The van der Waals surface area contributed by atoms with Crippen molar-refractivity contribution in [3.05, 3.63) is 22.4 Å². The largest absolute Gasteiger partial charge is 0.313 e. The van der Waals surface area contributed by atoms with Gasteiger partial charge in [-0.15, -0.1) is 11.3 Å². The quantitative estimate of drug-likeness (QED) is 0.850. The molecule has 1 aliphatic heterocycles. The predicted molar refractivity (Wildman–Crippen MR) is 80.5 cm³/mol. The Balaban J connectivity index is 1.97. The molecule has 1 aromatic rings. The van der Waals surface area contributed by atoms with Crippen molar-refractivity contribution < 1.29 is 0 Å². The van der Waals surface area contributed by atoms with Crippen LogP contribution in [0.1, 0.15) is 43.9 Å². The van der Waals surface area contributed by atoms with Crippen molar-refractivity contribution in [2.24, 2.45) is 0 Å². The van der Waals surface area contributed by atoms with Crippen LogP contribution >= 0.6 is 11.3 Å². The first kappa shape index (κ1) is 14.0. The fourth-order valence-corrected chi connectivity index (χ4v) is 3.75. The number of piperidine rings is 1. The van der Waals surface area contributed by atoms with Crippen molar-refractivity contribution in [3.8, 4) is 0 Å². The summed E-state index contributed by atoms with van der Waals surface area (Å²) in [7, 11) is 0. The molecule has 2 nitrogen and oxygen atoms in total. The second kappa shape index (κ2) is 7.27. The molecule has 1 N–H and O–H groups in total. The van der Waals surface area contributed by atoms with Gasteiger partial charge >= 0.3 is 0 Å². The standard InChI is InChI=1S/C15H26N2S/c1-3-7-16-14-10-13(15-6-5-9-18-15)11-17(12-14)8-4-2/h5-6,9,13-14,16H,3-4,7-8,10-12H2,1-2H3. The van der Waals surface area contributed by atoms with Gasteiger partial charge in [0.25, 0.3) is 0 Å². The van der Waals surface area contributed by atoms with Crippen LogP contribution in [0, 0.1) is 0 Å². The predicted octanol–water partition coefficient (Wildman–Crippen LogP) is 3.32. The Morgan fingerprint density at radius 1 is 1.33 bits per heavy atom. The molecule has 102 valence electrons. The lowest BCUT2D eigenvalue weighted by Gasteiger charge is -2.38. The fourth-order valence-electron chi connectivity index (χ4n) is 2.92. The topological polar surface area (TPSA) is 15.3 Å². The number of thiophene rings is 1. The Labute approximate surface area is 115 Å². The zero-order valence-corrected chi connectivity index (χ0v) is 12.5. The third-order valence-electron chi connectivity index (χ3n) is 3.69. The van der Waals surface area contributed by atoms with Crippen LogP contribution in [-0.2, 0) is 0 Å². The summed E-state index contributed by atoms with van der Waals surface area (Å²) in [5.74, 6) is 0.736. The van der Waals surface area contributed by atoms with E-state index < -0.39 is 0 Å². The normalized spacial score (nSPS) is 25.4. The molecule has 0 spiro atoms. The molecule has 0 bridgehead atoms. The van der Waals surface area contributed by atoms with Crippen LogP contribution in [0.3, 0.4) is 0 Å². The van der Waals surface area contributed by atoms with Gasteiger partial charge in [0.2, 0.25) is 0 Å². The van der Waals surface area contributed by atoms with E-state index >= 15 is 0 Å². The van der Waals surface area contributed by atoms with E-state index in [0.717, 1.165) is 12.5 Å². The molecule has 0 aromatic carbocycles. The second-order valence-corrected chi connectivity index (χ2v) is 6.34. The summed E-state index contributed by atoms with van der Waals surface area (Å²) >= 11 is 1.92. The van der Waals surface area contributed by atoms with Crippen molar-refractivity contribution in [1.82, 2.24) is 10.2 Å². The van der Waals surface area contributed by atoms with Gasteiger partial charge in [-0.1, -0.05) is 19.9 Å². The van der Waals surface area contributed by atoms with E-state index in [1.807, 2.05) is 11.3 Å². The summed E-state index contributed by atoms with van der Waals surface area (Å²) in [5.41, 5.74) is 0. The van der Waals surface area contributed by atoms with Gasteiger partial charge in [0.05, 0.1) is 0 Å². The van der Waals surface area contributed by atoms with E-state index in [1.165, 1.54) is 38.9 Å². The van der Waals surface area contributed by atoms with E-state index in [2.05, 4.69) is 41.6 Å². The van der Waals surface area contributed by atoms with Crippen LogP contribution in [0.4, 0.5) is 0 Å². The van der Waals surface area contributed by atoms with Crippen LogP contribution < -0.4 is 5.32 Å².